The third kappa shape index (κ3) is 3.73. The van der Waals surface area contributed by atoms with Crippen molar-refractivity contribution in [2.24, 2.45) is 0 Å². The van der Waals surface area contributed by atoms with Gasteiger partial charge in [0.1, 0.15) is 11.7 Å². The van der Waals surface area contributed by atoms with Crippen molar-refractivity contribution in [3.8, 4) is 5.75 Å². The van der Waals surface area contributed by atoms with Crippen molar-refractivity contribution >= 4 is 11.8 Å². The van der Waals surface area contributed by atoms with Gasteiger partial charge in [-0.3, -0.25) is 0 Å². The monoisotopic (exact) mass is 198 g/mol. The number of thioether (sulfide) groups is 1. The fourth-order valence-electron chi connectivity index (χ4n) is 0.845. The minimum atomic E-state index is 0.777. The molecule has 0 saturated heterocycles. The van der Waals surface area contributed by atoms with E-state index < -0.39 is 0 Å². The molecule has 0 unspecified atom stereocenters. The first-order valence-electron chi connectivity index (χ1n) is 4.81. The molecule has 0 radical (unpaired) electrons. The number of benzene rings is 1. The predicted molar refractivity (Wildman–Crippen MR) is 60.5 cm³/mol. The Morgan fingerprint density at radius 1 is 1.08 bits per heavy atom. The van der Waals surface area contributed by atoms with Crippen LogP contribution in [0, 0.1) is 0 Å². The van der Waals surface area contributed by atoms with Gasteiger partial charge in [-0.05, 0) is 12.1 Å². The van der Waals surface area contributed by atoms with Gasteiger partial charge in [-0.2, -0.15) is 0 Å². The van der Waals surface area contributed by atoms with Crippen LogP contribution in [0.25, 0.3) is 0 Å². The number of hydrogen-bond acceptors (Lipinski definition) is 2. The predicted octanol–water partition coefficient (Wildman–Crippen LogP) is 4.18. The van der Waals surface area contributed by atoms with Gasteiger partial charge in [-0.1, -0.05) is 51.6 Å². The van der Waals surface area contributed by atoms with Gasteiger partial charge in [0.15, 0.2) is 0 Å². The van der Waals surface area contributed by atoms with Crippen LogP contribution < -0.4 is 4.74 Å². The van der Waals surface area contributed by atoms with Gasteiger partial charge >= 0.3 is 0 Å². The number of para-hydroxylation sites is 1. The first-order valence-corrected chi connectivity index (χ1v) is 5.80. The Labute approximate surface area is 85.5 Å². The van der Waals surface area contributed by atoms with E-state index in [1.807, 2.05) is 45.9 Å². The summed E-state index contributed by atoms with van der Waals surface area (Å²) in [4.78, 5) is 1.26. The molecule has 0 aliphatic carbocycles. The van der Waals surface area contributed by atoms with Gasteiger partial charge in [0.05, 0.1) is 4.90 Å². The summed E-state index contributed by atoms with van der Waals surface area (Å²) in [6, 6.07) is 8.09. The van der Waals surface area contributed by atoms with Crippen LogP contribution in [0.3, 0.4) is 0 Å². The van der Waals surface area contributed by atoms with Crippen molar-refractivity contribution in [3.63, 3.8) is 0 Å². The summed E-state index contributed by atoms with van der Waals surface area (Å²) in [6.07, 6.45) is 0. The normalized spacial score (nSPS) is 11.1. The van der Waals surface area contributed by atoms with E-state index in [1.54, 1.807) is 11.8 Å². The zero-order valence-corrected chi connectivity index (χ0v) is 9.65. The zero-order chi connectivity index (χ0) is 10.1. The second-order valence-electron chi connectivity index (χ2n) is 1.85. The standard InChI is InChI=1S/C7H6OS.2C2H6/c1-2-4-7-6(3-1)8-5-9-7;2*1-2/h1-4H,5H2;2*1-2H3. The third-order valence-electron chi connectivity index (χ3n) is 1.28. The van der Waals surface area contributed by atoms with Crippen molar-refractivity contribution < 1.29 is 4.74 Å². The second-order valence-corrected chi connectivity index (χ2v) is 2.82. The largest absolute Gasteiger partial charge is 0.481 e. The molecule has 1 aliphatic rings. The first kappa shape index (κ1) is 12.4. The third-order valence-corrected chi connectivity index (χ3v) is 2.16. The molecule has 1 heterocycles. The highest BCUT2D eigenvalue weighted by Gasteiger charge is 2.09. The lowest BCUT2D eigenvalue weighted by Gasteiger charge is -1.92. The van der Waals surface area contributed by atoms with Crippen molar-refractivity contribution in [3.05, 3.63) is 24.3 Å². The van der Waals surface area contributed by atoms with Crippen LogP contribution in [0.5, 0.6) is 5.75 Å². The molecule has 0 fully saturated rings. The van der Waals surface area contributed by atoms with Crippen LogP contribution in [-0.2, 0) is 0 Å². The summed E-state index contributed by atoms with van der Waals surface area (Å²) in [7, 11) is 0. The average Bonchev–Trinajstić information content (AvgIpc) is 2.71. The Balaban J connectivity index is 0.000000322. The van der Waals surface area contributed by atoms with Crippen LogP contribution in [-0.4, -0.2) is 5.94 Å². The lowest BCUT2D eigenvalue weighted by Crippen LogP contribution is -1.80. The SMILES string of the molecule is CC.CC.c1ccc2c(c1)OCS2. The minimum absolute atomic E-state index is 0.777. The fraction of sp³-hybridized carbons (Fsp3) is 0.455. The number of fused-ring (bicyclic) bond motifs is 1. The molecule has 0 bridgehead atoms. The van der Waals surface area contributed by atoms with E-state index in [9.17, 15) is 0 Å². The zero-order valence-electron chi connectivity index (χ0n) is 8.83. The minimum Gasteiger partial charge on any atom is -0.481 e. The lowest BCUT2D eigenvalue weighted by atomic mass is 10.3. The molecule has 1 aromatic rings. The van der Waals surface area contributed by atoms with Gasteiger partial charge in [0.25, 0.3) is 0 Å². The Hall–Kier alpha value is -0.630. The molecule has 1 nitrogen and oxygen atoms in total. The Kier molecular flexibility index (Phi) is 7.60. The summed E-state index contributed by atoms with van der Waals surface area (Å²) in [5.41, 5.74) is 0. The Morgan fingerprint density at radius 2 is 1.69 bits per heavy atom. The van der Waals surface area contributed by atoms with Gasteiger partial charge in [0.2, 0.25) is 0 Å². The summed E-state index contributed by atoms with van der Waals surface area (Å²) in [5, 5.41) is 0. The van der Waals surface area contributed by atoms with Gasteiger partial charge < -0.3 is 4.74 Å². The van der Waals surface area contributed by atoms with E-state index in [0.717, 1.165) is 11.7 Å². The molecule has 2 heteroatoms. The molecule has 13 heavy (non-hydrogen) atoms. The van der Waals surface area contributed by atoms with Crippen LogP contribution in [0.15, 0.2) is 29.2 Å². The molecule has 74 valence electrons. The van der Waals surface area contributed by atoms with Crippen LogP contribution in [0.2, 0.25) is 0 Å². The summed E-state index contributed by atoms with van der Waals surface area (Å²) in [6.45, 7) is 8.00. The fourth-order valence-corrected chi connectivity index (χ4v) is 1.60. The molecule has 0 amide bonds. The van der Waals surface area contributed by atoms with Crippen LogP contribution >= 0.6 is 11.8 Å². The van der Waals surface area contributed by atoms with Crippen molar-refractivity contribution in [2.75, 3.05) is 5.94 Å². The highest BCUT2D eigenvalue weighted by atomic mass is 32.2. The summed E-state index contributed by atoms with van der Waals surface area (Å²) < 4.78 is 5.26. The number of ether oxygens (including phenoxy) is 1. The highest BCUT2D eigenvalue weighted by Crippen LogP contribution is 2.34. The molecular formula is C11H18OS. The quantitative estimate of drug-likeness (QED) is 0.618. The number of rotatable bonds is 0. The molecule has 2 rings (SSSR count). The Morgan fingerprint density at radius 3 is 2.31 bits per heavy atom. The molecule has 1 aromatic carbocycles. The van der Waals surface area contributed by atoms with Crippen LogP contribution in [0.4, 0.5) is 0 Å². The maximum Gasteiger partial charge on any atom is 0.138 e. The van der Waals surface area contributed by atoms with E-state index in [1.165, 1.54) is 4.90 Å². The topological polar surface area (TPSA) is 9.23 Å². The molecule has 0 aromatic heterocycles. The Bertz CT molecular complexity index is 200. The molecule has 0 saturated carbocycles. The average molecular weight is 198 g/mol. The van der Waals surface area contributed by atoms with Gasteiger partial charge in [-0.15, -0.1) is 0 Å². The first-order chi connectivity index (χ1) is 6.47. The second kappa shape index (κ2) is 7.99. The smallest absolute Gasteiger partial charge is 0.138 e. The van der Waals surface area contributed by atoms with E-state index in [4.69, 9.17) is 4.74 Å². The highest BCUT2D eigenvalue weighted by molar-refractivity contribution is 7.99. The van der Waals surface area contributed by atoms with Gasteiger partial charge in [0, 0.05) is 0 Å². The molecular weight excluding hydrogens is 180 g/mol. The maximum atomic E-state index is 5.26. The van der Waals surface area contributed by atoms with Crippen molar-refractivity contribution in [1.29, 1.82) is 0 Å². The van der Waals surface area contributed by atoms with Crippen molar-refractivity contribution in [2.45, 2.75) is 32.6 Å². The van der Waals surface area contributed by atoms with Gasteiger partial charge in [-0.25, -0.2) is 0 Å². The summed E-state index contributed by atoms with van der Waals surface area (Å²) in [5.74, 6) is 1.81. The van der Waals surface area contributed by atoms with E-state index in [-0.39, 0.29) is 0 Å². The summed E-state index contributed by atoms with van der Waals surface area (Å²) >= 11 is 1.75. The van der Waals surface area contributed by atoms with E-state index in [2.05, 4.69) is 6.07 Å². The van der Waals surface area contributed by atoms with E-state index >= 15 is 0 Å². The maximum absolute atomic E-state index is 5.26. The molecule has 0 atom stereocenters. The molecule has 0 spiro atoms. The molecule has 0 N–H and O–H groups in total. The number of hydrogen-bond donors (Lipinski definition) is 0. The van der Waals surface area contributed by atoms with Crippen molar-refractivity contribution in [1.82, 2.24) is 0 Å². The van der Waals surface area contributed by atoms with E-state index in [0.29, 0.717) is 0 Å². The lowest BCUT2D eigenvalue weighted by molar-refractivity contribution is 0.397. The molecule has 1 aliphatic heterocycles. The van der Waals surface area contributed by atoms with Crippen LogP contribution in [0.1, 0.15) is 27.7 Å².